The highest BCUT2D eigenvalue weighted by atomic mass is 19.1. The lowest BCUT2D eigenvalue weighted by molar-refractivity contribution is -0.122. The number of nitrogens with zero attached hydrogens (tertiary/aromatic N) is 1. The Hall–Kier alpha value is -3.00. The van der Waals surface area contributed by atoms with E-state index in [1.54, 1.807) is 13.2 Å². The number of nitrogens with two attached hydrogens (primary N) is 1. The van der Waals surface area contributed by atoms with Gasteiger partial charge in [0.1, 0.15) is 18.0 Å². The number of amides is 1. The molecule has 0 aromatic heterocycles. The van der Waals surface area contributed by atoms with Gasteiger partial charge in [0, 0.05) is 32.9 Å². The van der Waals surface area contributed by atoms with E-state index < -0.39 is 6.04 Å². The predicted octanol–water partition coefficient (Wildman–Crippen LogP) is 2.10. The number of carbonyl (C=O) groups excluding carboxylic acids is 1. The molecule has 4 rings (SSSR count). The third-order valence-electron chi connectivity index (χ3n) is 6.79. The van der Waals surface area contributed by atoms with Crippen LogP contribution < -0.4 is 27.0 Å². The molecule has 1 fully saturated rings. The van der Waals surface area contributed by atoms with Gasteiger partial charge in [0.2, 0.25) is 5.91 Å². The number of benzene rings is 1. The number of hydrogen-bond donors (Lipinski definition) is 5. The first kappa shape index (κ1) is 23.2. The van der Waals surface area contributed by atoms with Gasteiger partial charge in [0.05, 0.1) is 11.4 Å². The fourth-order valence-corrected chi connectivity index (χ4v) is 5.25. The Labute approximate surface area is 195 Å². The minimum absolute atomic E-state index is 0.130. The van der Waals surface area contributed by atoms with Crippen LogP contribution in [0.15, 0.2) is 48.1 Å². The third-order valence-corrected chi connectivity index (χ3v) is 6.79. The lowest BCUT2D eigenvalue weighted by atomic mass is 10.0. The number of hydrogen-bond acceptors (Lipinski definition) is 6. The normalized spacial score (nSPS) is 22.8. The van der Waals surface area contributed by atoms with Gasteiger partial charge in [-0.25, -0.2) is 4.39 Å². The summed E-state index contributed by atoms with van der Waals surface area (Å²) in [6.45, 7) is 3.48. The Kier molecular flexibility index (Phi) is 7.23. The Bertz CT molecular complexity index is 966. The molecule has 1 aromatic rings. The van der Waals surface area contributed by atoms with E-state index in [4.69, 9.17) is 5.73 Å². The van der Waals surface area contributed by atoms with E-state index in [-0.39, 0.29) is 31.0 Å². The van der Waals surface area contributed by atoms with Crippen molar-refractivity contribution in [2.75, 3.05) is 20.1 Å². The summed E-state index contributed by atoms with van der Waals surface area (Å²) in [5, 5.41) is 12.8. The van der Waals surface area contributed by atoms with E-state index in [0.717, 1.165) is 23.5 Å². The topological polar surface area (TPSA) is 94.5 Å². The molecule has 0 spiro atoms. The average Bonchev–Trinajstić information content (AvgIpc) is 3.48. The molecule has 2 atom stereocenters. The van der Waals surface area contributed by atoms with Crippen molar-refractivity contribution in [2.45, 2.75) is 51.4 Å². The number of carbonyl (C=O) groups is 1. The van der Waals surface area contributed by atoms with Crippen molar-refractivity contribution < 1.29 is 9.18 Å². The molecular weight excluding hydrogens is 419 g/mol. The van der Waals surface area contributed by atoms with Gasteiger partial charge in [-0.2, -0.15) is 0 Å². The quantitative estimate of drug-likeness (QED) is 0.413. The highest BCUT2D eigenvalue weighted by Crippen LogP contribution is 2.36. The second kappa shape index (κ2) is 10.3. The first-order chi connectivity index (χ1) is 16.0. The highest BCUT2D eigenvalue weighted by Gasteiger charge is 2.41. The zero-order chi connectivity index (χ0) is 23.4. The van der Waals surface area contributed by atoms with E-state index in [0.29, 0.717) is 17.0 Å². The monoisotopic (exact) mass is 454 g/mol. The molecule has 1 aliphatic carbocycles. The van der Waals surface area contributed by atoms with Crippen molar-refractivity contribution in [3.63, 3.8) is 0 Å². The molecular formula is C25H35FN6O. The third kappa shape index (κ3) is 4.85. The Morgan fingerprint density at radius 1 is 1.30 bits per heavy atom. The molecule has 178 valence electrons. The largest absolute Gasteiger partial charge is 0.394 e. The summed E-state index contributed by atoms with van der Waals surface area (Å²) in [7, 11) is 1.78. The first-order valence-electron chi connectivity index (χ1n) is 11.9. The molecule has 2 unspecified atom stereocenters. The van der Waals surface area contributed by atoms with Crippen molar-refractivity contribution in [2.24, 2.45) is 11.7 Å². The van der Waals surface area contributed by atoms with Gasteiger partial charge in [-0.05, 0) is 72.9 Å². The summed E-state index contributed by atoms with van der Waals surface area (Å²) in [5.41, 5.74) is 10.0. The van der Waals surface area contributed by atoms with Crippen LogP contribution in [0.2, 0.25) is 0 Å². The lowest BCUT2D eigenvalue weighted by Crippen LogP contribution is -2.50. The van der Waals surface area contributed by atoms with E-state index in [2.05, 4.69) is 33.1 Å². The molecule has 2 aliphatic heterocycles. The summed E-state index contributed by atoms with van der Waals surface area (Å²) < 4.78 is 14.3. The van der Waals surface area contributed by atoms with Gasteiger partial charge in [-0.15, -0.1) is 0 Å². The van der Waals surface area contributed by atoms with Crippen LogP contribution in [0.5, 0.6) is 0 Å². The first-order valence-corrected chi connectivity index (χ1v) is 11.9. The smallest absolute Gasteiger partial charge is 0.249 e. The van der Waals surface area contributed by atoms with Gasteiger partial charge in [-0.1, -0.05) is 12.8 Å². The maximum absolute atomic E-state index is 14.3. The van der Waals surface area contributed by atoms with Gasteiger partial charge in [0.25, 0.3) is 0 Å². The molecule has 0 saturated heterocycles. The van der Waals surface area contributed by atoms with Crippen LogP contribution in [0, 0.1) is 11.7 Å². The van der Waals surface area contributed by atoms with Gasteiger partial charge >= 0.3 is 0 Å². The number of dihydropyridines is 1. The average molecular weight is 455 g/mol. The maximum atomic E-state index is 14.3. The minimum Gasteiger partial charge on any atom is -0.394 e. The Morgan fingerprint density at radius 2 is 2.09 bits per heavy atom. The molecule has 0 bridgehead atoms. The molecule has 1 saturated carbocycles. The van der Waals surface area contributed by atoms with E-state index >= 15 is 0 Å². The Morgan fingerprint density at radius 3 is 2.79 bits per heavy atom. The summed E-state index contributed by atoms with van der Waals surface area (Å²) in [5.74, 6) is 0.114. The molecule has 8 heteroatoms. The zero-order valence-corrected chi connectivity index (χ0v) is 19.5. The SMILES string of the molecule is CCN1C2=C(C=CNC2C(=O)NCc2cc(F)cc(/C(=C/NC)CN)c2)NC1C1CCCC1. The highest BCUT2D eigenvalue weighted by molar-refractivity contribution is 5.86. The van der Waals surface area contributed by atoms with Crippen LogP contribution in [0.1, 0.15) is 43.7 Å². The van der Waals surface area contributed by atoms with E-state index in [1.165, 1.54) is 37.8 Å². The van der Waals surface area contributed by atoms with Gasteiger partial charge in [-0.3, -0.25) is 4.79 Å². The molecule has 6 N–H and O–H groups in total. The van der Waals surface area contributed by atoms with Crippen LogP contribution in [0.4, 0.5) is 4.39 Å². The van der Waals surface area contributed by atoms with Crippen LogP contribution in [-0.4, -0.2) is 43.2 Å². The Balaban J connectivity index is 1.47. The van der Waals surface area contributed by atoms with Crippen LogP contribution in [0.25, 0.3) is 5.57 Å². The second-order valence-corrected chi connectivity index (χ2v) is 8.88. The summed E-state index contributed by atoms with van der Waals surface area (Å²) >= 11 is 0. The standard InChI is InChI=1S/C25H35FN6O/c1-3-32-23-21(31-24(32)17-6-4-5-7-17)8-9-29-22(23)25(33)30-14-16-10-18(12-20(26)11-16)19(13-27)15-28-2/h8-12,15,17,22,24,28-29,31H,3-7,13-14,27H2,1-2H3,(H,30,33)/b19-15+. The fraction of sp³-hybridized carbons (Fsp3) is 0.480. The summed E-state index contributed by atoms with van der Waals surface area (Å²) in [6.07, 6.45) is 10.8. The molecule has 3 aliphatic rings. The maximum Gasteiger partial charge on any atom is 0.249 e. The van der Waals surface area contributed by atoms with Crippen molar-refractivity contribution in [1.82, 2.24) is 26.2 Å². The molecule has 1 amide bonds. The summed E-state index contributed by atoms with van der Waals surface area (Å²) in [6, 6.07) is 4.28. The number of allylic oxidation sites excluding steroid dienone is 1. The van der Waals surface area contributed by atoms with Gasteiger partial charge < -0.3 is 31.9 Å². The van der Waals surface area contributed by atoms with Crippen molar-refractivity contribution in [3.05, 3.63) is 65.0 Å². The molecule has 7 nitrogen and oxygen atoms in total. The van der Waals surface area contributed by atoms with Crippen molar-refractivity contribution >= 4 is 11.5 Å². The minimum atomic E-state index is -0.485. The molecule has 2 heterocycles. The molecule has 1 aromatic carbocycles. The van der Waals surface area contributed by atoms with Crippen LogP contribution >= 0.6 is 0 Å². The number of rotatable bonds is 8. The van der Waals surface area contributed by atoms with Gasteiger partial charge in [0.15, 0.2) is 0 Å². The number of likely N-dealkylation sites (N-methyl/N-ethyl adjacent to an activating group) is 1. The molecule has 33 heavy (non-hydrogen) atoms. The number of halogens is 1. The fourth-order valence-electron chi connectivity index (χ4n) is 5.25. The zero-order valence-electron chi connectivity index (χ0n) is 19.5. The van der Waals surface area contributed by atoms with Crippen molar-refractivity contribution in [3.8, 4) is 0 Å². The van der Waals surface area contributed by atoms with E-state index in [1.807, 2.05) is 18.3 Å². The molecule has 0 radical (unpaired) electrons. The lowest BCUT2D eigenvalue weighted by Gasteiger charge is -2.34. The van der Waals surface area contributed by atoms with Crippen LogP contribution in [-0.2, 0) is 11.3 Å². The number of nitrogens with one attached hydrogen (secondary N) is 4. The van der Waals surface area contributed by atoms with Crippen LogP contribution in [0.3, 0.4) is 0 Å². The van der Waals surface area contributed by atoms with E-state index in [9.17, 15) is 9.18 Å². The second-order valence-electron chi connectivity index (χ2n) is 8.88. The van der Waals surface area contributed by atoms with Crippen molar-refractivity contribution in [1.29, 1.82) is 0 Å². The predicted molar refractivity (Wildman–Crippen MR) is 129 cm³/mol. The summed E-state index contributed by atoms with van der Waals surface area (Å²) in [4.78, 5) is 15.6.